The van der Waals surface area contributed by atoms with Crippen molar-refractivity contribution in [3.05, 3.63) is 250 Å². The summed E-state index contributed by atoms with van der Waals surface area (Å²) in [6, 6.07) is 47.9. The van der Waals surface area contributed by atoms with E-state index < -0.39 is 35.8 Å². The number of hydrogen-bond acceptors (Lipinski definition) is 18. The van der Waals surface area contributed by atoms with E-state index in [1.54, 1.807) is 12.1 Å². The first-order chi connectivity index (χ1) is 41.4. The van der Waals surface area contributed by atoms with Crippen molar-refractivity contribution in [1.82, 2.24) is 19.6 Å². The van der Waals surface area contributed by atoms with Crippen LogP contribution in [-0.2, 0) is 42.0 Å². The number of rotatable bonds is 14. The van der Waals surface area contributed by atoms with Crippen molar-refractivity contribution in [3.8, 4) is 11.5 Å². The predicted molar refractivity (Wildman–Crippen MR) is 310 cm³/mol. The molecule has 4 heterocycles. The molecule has 464 valence electrons. The molecule has 22 heteroatoms. The number of ether oxygens (including phenoxy) is 2. The molecule has 10 rings (SSSR count). The molecular weight excluding hydrogens is 1140 g/mol. The predicted octanol–water partition coefficient (Wildman–Crippen LogP) is -0.245. The maximum absolute atomic E-state index is 13.9. The van der Waals surface area contributed by atoms with Crippen molar-refractivity contribution < 1.29 is 88.6 Å². The van der Waals surface area contributed by atoms with Gasteiger partial charge in [-0.25, -0.2) is 8.78 Å². The highest BCUT2D eigenvalue weighted by Gasteiger charge is 2.33. The van der Waals surface area contributed by atoms with Crippen LogP contribution >= 0.6 is 0 Å². The Labute approximate surface area is 507 Å². The van der Waals surface area contributed by atoms with Crippen LogP contribution < -0.4 is 40.1 Å². The van der Waals surface area contributed by atoms with Gasteiger partial charge in [-0.3, -0.25) is 19.6 Å². The number of carbonyl (C=O) groups excluding carboxylic acids is 6. The summed E-state index contributed by atoms with van der Waals surface area (Å²) >= 11 is 0. The van der Waals surface area contributed by atoms with E-state index in [2.05, 4.69) is 129 Å². The SMILES string of the molecule is Fc1ccc2c(c1)OCc1ccccc1C2N1CCN(C/C=C/c2ccccc2)CC1.Fc1ccc2c(c1)OCc1ccccc1C2N1CCN(C/C=C/c2ccccc2)CC1.O.O.O=C([O-])/C=C\C(=O)[O-].O=C([O-])/C=C\C(=O)[O-].O=C([O-])/C=C\C(=O)[O-]. The van der Waals surface area contributed by atoms with E-state index in [4.69, 9.17) is 9.47 Å². The van der Waals surface area contributed by atoms with Crippen molar-refractivity contribution in [2.45, 2.75) is 25.3 Å². The van der Waals surface area contributed by atoms with Gasteiger partial charge in [-0.2, -0.15) is 0 Å². The molecule has 2 atom stereocenters. The van der Waals surface area contributed by atoms with Gasteiger partial charge in [0.1, 0.15) is 36.3 Å². The summed E-state index contributed by atoms with van der Waals surface area (Å²) in [5, 5.41) is 56.5. The first-order valence-electron chi connectivity index (χ1n) is 27.1. The van der Waals surface area contributed by atoms with Gasteiger partial charge in [-0.15, -0.1) is 0 Å². The minimum atomic E-state index is -1.55. The topological polar surface area (TPSA) is 335 Å². The van der Waals surface area contributed by atoms with Crippen LogP contribution in [0.3, 0.4) is 0 Å². The number of fused-ring (bicyclic) bond motifs is 4. The van der Waals surface area contributed by atoms with Crippen molar-refractivity contribution >= 4 is 48.0 Å². The summed E-state index contributed by atoms with van der Waals surface area (Å²) < 4.78 is 39.8. The number of hydrogen-bond donors (Lipinski definition) is 0. The van der Waals surface area contributed by atoms with Gasteiger partial charge in [-0.1, -0.05) is 146 Å². The zero-order valence-corrected chi connectivity index (χ0v) is 47.5. The number of piperazine rings is 2. The quantitative estimate of drug-likeness (QED) is 0.127. The average Bonchev–Trinajstić information content (AvgIpc) is 3.75. The monoisotopic (exact) mass is 1210 g/mol. The maximum Gasteiger partial charge on any atom is 0.127 e. The summed E-state index contributed by atoms with van der Waals surface area (Å²) in [5.74, 6) is -8.46. The fourth-order valence-corrected chi connectivity index (χ4v) is 9.64. The van der Waals surface area contributed by atoms with E-state index in [9.17, 15) is 68.2 Å². The lowest BCUT2D eigenvalue weighted by atomic mass is 9.93. The molecule has 4 aliphatic heterocycles. The molecule has 0 amide bonds. The Morgan fingerprint density at radius 3 is 1.00 bits per heavy atom. The van der Waals surface area contributed by atoms with Crippen LogP contribution in [0, 0.1) is 11.6 Å². The van der Waals surface area contributed by atoms with Crippen molar-refractivity contribution in [2.24, 2.45) is 0 Å². The van der Waals surface area contributed by atoms with Crippen molar-refractivity contribution in [2.75, 3.05) is 65.4 Å². The Kier molecular flexibility index (Phi) is 29.5. The Morgan fingerprint density at radius 1 is 0.398 bits per heavy atom. The summed E-state index contributed by atoms with van der Waals surface area (Å²) in [6.45, 7) is 10.8. The number of carboxylic acid groups (broad SMARTS) is 6. The Balaban J connectivity index is 0.000000271. The summed E-state index contributed by atoms with van der Waals surface area (Å²) in [7, 11) is 0. The fourth-order valence-electron chi connectivity index (χ4n) is 9.64. The molecule has 6 aromatic carbocycles. The van der Waals surface area contributed by atoms with E-state index in [-0.39, 0.29) is 34.7 Å². The van der Waals surface area contributed by atoms with Gasteiger partial charge in [0.15, 0.2) is 0 Å². The molecule has 0 aromatic heterocycles. The summed E-state index contributed by atoms with van der Waals surface area (Å²) in [6.07, 6.45) is 11.2. The number of nitrogens with zero attached hydrogens (tertiary/aromatic N) is 4. The van der Waals surface area contributed by atoms with Crippen LogP contribution in [-0.4, -0.2) is 132 Å². The third-order valence-electron chi connectivity index (χ3n) is 13.6. The van der Waals surface area contributed by atoms with E-state index in [1.165, 1.54) is 45.5 Å². The van der Waals surface area contributed by atoms with Gasteiger partial charge in [0, 0.05) is 88.7 Å². The molecule has 20 nitrogen and oxygen atoms in total. The van der Waals surface area contributed by atoms with Gasteiger partial charge in [-0.05, 0) is 82.0 Å². The van der Waals surface area contributed by atoms with Crippen LogP contribution in [0.4, 0.5) is 8.78 Å². The van der Waals surface area contributed by atoms with Gasteiger partial charge in [0.05, 0.1) is 47.9 Å². The highest BCUT2D eigenvalue weighted by molar-refractivity contribution is 5.88. The van der Waals surface area contributed by atoms with Crippen LogP contribution in [0.5, 0.6) is 11.5 Å². The van der Waals surface area contributed by atoms with Crippen LogP contribution in [0.1, 0.15) is 56.6 Å². The van der Waals surface area contributed by atoms with E-state index in [1.807, 2.05) is 36.4 Å². The van der Waals surface area contributed by atoms with Gasteiger partial charge in [0.25, 0.3) is 0 Å². The second-order valence-electron chi connectivity index (χ2n) is 19.4. The fraction of sp³-hybridized carbons (Fsp3) is 0.212. The van der Waals surface area contributed by atoms with Crippen molar-refractivity contribution in [3.63, 3.8) is 0 Å². The standard InChI is InChI=1S/2C27H27FN2O.3C4H4O4.2H2O/c2*28-23-12-13-25-26(19-23)31-20-22-10-4-5-11-24(22)27(25)30-17-15-29(16-18-30)14-6-9-21-7-2-1-3-8-21;3*5-3(6)1-2-4(7)8;;/h2*1-13,19,27H,14-18,20H2;3*1-2H,(H,5,6)(H,7,8);2*1H2/p-6/b2*9-6+;3*2-1-;;. The number of aliphatic carboxylic acids is 6. The minimum absolute atomic E-state index is 0. The van der Waals surface area contributed by atoms with Crippen LogP contribution in [0.25, 0.3) is 12.2 Å². The molecule has 0 bridgehead atoms. The largest absolute Gasteiger partial charge is 0.545 e. The minimum Gasteiger partial charge on any atom is -0.545 e. The summed E-state index contributed by atoms with van der Waals surface area (Å²) in [4.78, 5) is 66.5. The average molecular weight is 1210 g/mol. The smallest absolute Gasteiger partial charge is 0.127 e. The number of carboxylic acids is 6. The molecule has 2 saturated heterocycles. The zero-order valence-electron chi connectivity index (χ0n) is 47.5. The van der Waals surface area contributed by atoms with Gasteiger partial charge < -0.3 is 79.8 Å². The molecule has 0 spiro atoms. The van der Waals surface area contributed by atoms with E-state index in [0.29, 0.717) is 61.2 Å². The first kappa shape index (κ1) is 70.5. The maximum atomic E-state index is 13.9. The normalized spacial score (nSPS) is 16.3. The highest BCUT2D eigenvalue weighted by Crippen LogP contribution is 2.42. The second-order valence-corrected chi connectivity index (χ2v) is 19.4. The molecule has 4 aliphatic rings. The highest BCUT2D eigenvalue weighted by atomic mass is 19.1. The van der Waals surface area contributed by atoms with Crippen LogP contribution in [0.2, 0.25) is 0 Å². The third kappa shape index (κ3) is 23.5. The number of carbonyl (C=O) groups is 6. The molecule has 88 heavy (non-hydrogen) atoms. The summed E-state index contributed by atoms with van der Waals surface area (Å²) in [5.41, 5.74) is 9.48. The second kappa shape index (κ2) is 36.8. The zero-order chi connectivity index (χ0) is 61.8. The molecule has 2 fully saturated rings. The van der Waals surface area contributed by atoms with E-state index >= 15 is 0 Å². The molecule has 4 N–H and O–H groups in total. The third-order valence-corrected chi connectivity index (χ3v) is 13.6. The Hall–Kier alpha value is -9.94. The number of benzene rings is 6. The van der Waals surface area contributed by atoms with Crippen molar-refractivity contribution in [1.29, 1.82) is 0 Å². The molecular formula is C66H64F2N4O16-6. The molecule has 0 saturated carbocycles. The molecule has 2 unspecified atom stereocenters. The molecule has 0 aliphatic carbocycles. The van der Waals surface area contributed by atoms with Gasteiger partial charge in [0.2, 0.25) is 0 Å². The van der Waals surface area contributed by atoms with Crippen LogP contribution in [0.15, 0.2) is 194 Å². The molecule has 0 radical (unpaired) electrons. The first-order valence-corrected chi connectivity index (χ1v) is 27.1. The lowest BCUT2D eigenvalue weighted by Gasteiger charge is -2.39. The van der Waals surface area contributed by atoms with E-state index in [0.717, 1.165) is 76.6 Å². The lowest BCUT2D eigenvalue weighted by Crippen LogP contribution is -2.47. The lowest BCUT2D eigenvalue weighted by molar-refractivity contribution is -0.301. The Bertz CT molecular complexity index is 3100. The number of halogens is 2. The van der Waals surface area contributed by atoms with Gasteiger partial charge >= 0.3 is 0 Å². The Morgan fingerprint density at radius 2 is 0.693 bits per heavy atom. The molecule has 6 aromatic rings.